The summed E-state index contributed by atoms with van der Waals surface area (Å²) in [5.74, 6) is 0.357. The molecule has 0 atom stereocenters. The van der Waals surface area contributed by atoms with E-state index in [1.165, 1.54) is 0 Å². The predicted octanol–water partition coefficient (Wildman–Crippen LogP) is 3.81. The van der Waals surface area contributed by atoms with Gasteiger partial charge in [0, 0.05) is 29.6 Å². The molecule has 7 nitrogen and oxygen atoms in total. The third-order valence-electron chi connectivity index (χ3n) is 5.76. The number of carbonyl (C=O) groups is 2. The van der Waals surface area contributed by atoms with Gasteiger partial charge in [-0.2, -0.15) is 5.10 Å². The van der Waals surface area contributed by atoms with Gasteiger partial charge in [-0.3, -0.25) is 14.3 Å². The number of nitrogens with one attached hydrogen (secondary N) is 1. The number of rotatable bonds is 5. The van der Waals surface area contributed by atoms with E-state index >= 15 is 0 Å². The number of hydrogen-bond acceptors (Lipinski definition) is 4. The normalized spacial score (nSPS) is 13.8. The molecule has 1 N–H and O–H groups in total. The number of benzene rings is 3. The van der Waals surface area contributed by atoms with Crippen LogP contribution < -0.4 is 5.32 Å². The number of para-hydroxylation sites is 1. The molecule has 1 fully saturated rings. The molecule has 4 aromatic rings. The number of nitrogens with zero attached hydrogens (tertiary/aromatic N) is 3. The first-order valence-electron chi connectivity index (χ1n) is 11.0. The molecule has 5 rings (SSSR count). The monoisotopic (exact) mass is 440 g/mol. The minimum absolute atomic E-state index is 0.0281. The summed E-state index contributed by atoms with van der Waals surface area (Å²) >= 11 is 0. The van der Waals surface area contributed by atoms with Crippen LogP contribution in [0.15, 0.2) is 78.9 Å². The van der Waals surface area contributed by atoms with E-state index in [0.29, 0.717) is 49.8 Å². The summed E-state index contributed by atoms with van der Waals surface area (Å²) < 4.78 is 7.20. The lowest BCUT2D eigenvalue weighted by molar-refractivity contribution is 0.0303. The first-order valence-corrected chi connectivity index (χ1v) is 11.0. The van der Waals surface area contributed by atoms with Gasteiger partial charge in [-0.05, 0) is 42.0 Å². The summed E-state index contributed by atoms with van der Waals surface area (Å²) in [7, 11) is 0. The fourth-order valence-electron chi connectivity index (χ4n) is 3.98. The second-order valence-corrected chi connectivity index (χ2v) is 7.95. The lowest BCUT2D eigenvalue weighted by Gasteiger charge is -2.26. The predicted molar refractivity (Wildman–Crippen MR) is 126 cm³/mol. The molecule has 0 spiro atoms. The van der Waals surface area contributed by atoms with Crippen LogP contribution in [0.4, 0.5) is 5.82 Å². The van der Waals surface area contributed by atoms with Gasteiger partial charge in [0.1, 0.15) is 0 Å². The molecule has 0 bridgehead atoms. The maximum atomic E-state index is 12.7. The van der Waals surface area contributed by atoms with Crippen LogP contribution in [0.25, 0.3) is 10.9 Å². The lowest BCUT2D eigenvalue weighted by atomic mass is 10.1. The van der Waals surface area contributed by atoms with Crippen molar-refractivity contribution in [2.75, 3.05) is 31.6 Å². The van der Waals surface area contributed by atoms with E-state index in [-0.39, 0.29) is 11.8 Å². The van der Waals surface area contributed by atoms with Gasteiger partial charge in [0.2, 0.25) is 0 Å². The smallest absolute Gasteiger partial charge is 0.256 e. The van der Waals surface area contributed by atoms with Crippen molar-refractivity contribution >= 4 is 28.5 Å². The van der Waals surface area contributed by atoms with Crippen molar-refractivity contribution in [3.8, 4) is 0 Å². The summed E-state index contributed by atoms with van der Waals surface area (Å²) in [6.45, 7) is 2.93. The number of aromatic nitrogens is 2. The Morgan fingerprint density at radius 3 is 2.30 bits per heavy atom. The number of hydrogen-bond donors (Lipinski definition) is 1. The minimum atomic E-state index is -0.197. The van der Waals surface area contributed by atoms with Crippen LogP contribution in [0.2, 0.25) is 0 Å². The number of ether oxygens (including phenoxy) is 1. The Hall–Kier alpha value is -3.97. The molecule has 7 heteroatoms. The Balaban J connectivity index is 1.36. The zero-order chi connectivity index (χ0) is 22.6. The van der Waals surface area contributed by atoms with E-state index in [2.05, 4.69) is 10.4 Å². The van der Waals surface area contributed by atoms with E-state index in [9.17, 15) is 9.59 Å². The lowest BCUT2D eigenvalue weighted by Crippen LogP contribution is -2.40. The number of carbonyl (C=O) groups excluding carboxylic acids is 2. The van der Waals surface area contributed by atoms with Crippen LogP contribution in [0, 0.1) is 0 Å². The highest BCUT2D eigenvalue weighted by Crippen LogP contribution is 2.24. The maximum Gasteiger partial charge on any atom is 0.256 e. The average Bonchev–Trinajstić information content (AvgIpc) is 3.22. The quantitative estimate of drug-likeness (QED) is 0.512. The Kier molecular flexibility index (Phi) is 5.87. The van der Waals surface area contributed by atoms with Crippen LogP contribution in [-0.2, 0) is 11.3 Å². The fourth-order valence-corrected chi connectivity index (χ4v) is 3.98. The zero-order valence-corrected chi connectivity index (χ0v) is 18.1. The second-order valence-electron chi connectivity index (χ2n) is 7.95. The van der Waals surface area contributed by atoms with Crippen molar-refractivity contribution < 1.29 is 14.3 Å². The molecule has 1 aliphatic rings. The molecule has 2 heterocycles. The molecule has 33 heavy (non-hydrogen) atoms. The van der Waals surface area contributed by atoms with Gasteiger partial charge in [-0.1, -0.05) is 42.5 Å². The molecule has 1 aliphatic heterocycles. The summed E-state index contributed by atoms with van der Waals surface area (Å²) in [6, 6.07) is 24.5. The van der Waals surface area contributed by atoms with Gasteiger partial charge in [-0.15, -0.1) is 0 Å². The molecular formula is C26H24N4O3. The number of anilines is 1. The summed E-state index contributed by atoms with van der Waals surface area (Å²) in [5, 5.41) is 8.49. The zero-order valence-electron chi connectivity index (χ0n) is 18.1. The van der Waals surface area contributed by atoms with Crippen molar-refractivity contribution in [3.63, 3.8) is 0 Å². The molecule has 1 aromatic heterocycles. The van der Waals surface area contributed by atoms with E-state index in [1.807, 2.05) is 76.3 Å². The van der Waals surface area contributed by atoms with E-state index in [0.717, 1.165) is 16.5 Å². The third kappa shape index (κ3) is 4.49. The molecule has 3 aromatic carbocycles. The van der Waals surface area contributed by atoms with Crippen molar-refractivity contribution in [2.24, 2.45) is 0 Å². The van der Waals surface area contributed by atoms with Crippen molar-refractivity contribution in [1.82, 2.24) is 14.7 Å². The van der Waals surface area contributed by atoms with Gasteiger partial charge < -0.3 is 15.0 Å². The molecule has 0 radical (unpaired) electrons. The number of morpholine rings is 1. The highest BCUT2D eigenvalue weighted by atomic mass is 16.5. The largest absolute Gasteiger partial charge is 0.378 e. The van der Waals surface area contributed by atoms with Crippen molar-refractivity contribution in [1.29, 1.82) is 0 Å². The highest BCUT2D eigenvalue weighted by molar-refractivity contribution is 6.07. The van der Waals surface area contributed by atoms with E-state index < -0.39 is 0 Å². The number of fused-ring (bicyclic) bond motifs is 1. The Morgan fingerprint density at radius 2 is 1.55 bits per heavy atom. The first-order chi connectivity index (χ1) is 16.2. The van der Waals surface area contributed by atoms with Gasteiger partial charge in [0.15, 0.2) is 5.82 Å². The van der Waals surface area contributed by atoms with Gasteiger partial charge in [0.25, 0.3) is 11.8 Å². The van der Waals surface area contributed by atoms with Gasteiger partial charge in [-0.25, -0.2) is 0 Å². The topological polar surface area (TPSA) is 76.5 Å². The fraction of sp³-hybridized carbons (Fsp3) is 0.192. The summed E-state index contributed by atoms with van der Waals surface area (Å²) in [4.78, 5) is 27.2. The molecule has 0 unspecified atom stereocenters. The molecular weight excluding hydrogens is 416 g/mol. The third-order valence-corrected chi connectivity index (χ3v) is 5.76. The standard InChI is InChI=1S/C26H24N4O3/c31-25(20-6-2-1-3-7-20)27-24-22-8-4-5-9-23(22)30(28-24)18-19-10-12-21(13-11-19)26(32)29-14-16-33-17-15-29/h1-13H,14-18H2,(H,27,28,31). The Morgan fingerprint density at radius 1 is 0.848 bits per heavy atom. The van der Waals surface area contributed by atoms with Crippen LogP contribution in [-0.4, -0.2) is 52.8 Å². The minimum Gasteiger partial charge on any atom is -0.378 e. The molecule has 2 amide bonds. The van der Waals surface area contributed by atoms with Crippen LogP contribution >= 0.6 is 0 Å². The van der Waals surface area contributed by atoms with Crippen LogP contribution in [0.3, 0.4) is 0 Å². The Bertz CT molecular complexity index is 1280. The maximum absolute atomic E-state index is 12.7. The molecule has 0 aliphatic carbocycles. The number of amides is 2. The highest BCUT2D eigenvalue weighted by Gasteiger charge is 2.19. The van der Waals surface area contributed by atoms with Crippen LogP contribution in [0.5, 0.6) is 0 Å². The van der Waals surface area contributed by atoms with Crippen molar-refractivity contribution in [2.45, 2.75) is 6.54 Å². The average molecular weight is 441 g/mol. The molecule has 1 saturated heterocycles. The van der Waals surface area contributed by atoms with E-state index in [1.54, 1.807) is 12.1 Å². The van der Waals surface area contributed by atoms with Gasteiger partial charge in [0.05, 0.1) is 25.3 Å². The molecule has 166 valence electrons. The SMILES string of the molecule is O=C(Nc1nn(Cc2ccc(C(=O)N3CCOCC3)cc2)c2ccccc12)c1ccccc1. The van der Waals surface area contributed by atoms with Gasteiger partial charge >= 0.3 is 0 Å². The Labute approximate surface area is 191 Å². The summed E-state index contributed by atoms with van der Waals surface area (Å²) in [5.41, 5.74) is 3.19. The van der Waals surface area contributed by atoms with Crippen LogP contribution in [0.1, 0.15) is 26.3 Å². The van der Waals surface area contributed by atoms with E-state index in [4.69, 9.17) is 4.74 Å². The summed E-state index contributed by atoms with van der Waals surface area (Å²) in [6.07, 6.45) is 0. The molecule has 0 saturated carbocycles. The van der Waals surface area contributed by atoms with Crippen molar-refractivity contribution in [3.05, 3.63) is 95.6 Å². The second kappa shape index (κ2) is 9.26. The first kappa shape index (κ1) is 20.9.